The second-order valence-corrected chi connectivity index (χ2v) is 18.9. The number of anilines is 2. The van der Waals surface area contributed by atoms with E-state index in [0.717, 1.165) is 75.0 Å². The lowest BCUT2D eigenvalue weighted by molar-refractivity contribution is -0.137. The number of piperidine rings is 2. The summed E-state index contributed by atoms with van der Waals surface area (Å²) >= 11 is 0. The van der Waals surface area contributed by atoms with Gasteiger partial charge in [0.1, 0.15) is 18.1 Å². The van der Waals surface area contributed by atoms with Crippen LogP contribution in [0.15, 0.2) is 84.9 Å². The maximum atomic E-state index is 13.5. The number of carbonyl (C=O) groups excluding carboxylic acids is 3. The number of phenols is 1. The van der Waals surface area contributed by atoms with Crippen molar-refractivity contribution in [2.75, 3.05) is 55.7 Å². The number of rotatable bonds is 6. The highest BCUT2D eigenvalue weighted by Gasteiger charge is 2.47. The summed E-state index contributed by atoms with van der Waals surface area (Å²) < 4.78 is 6.33. The monoisotopic (exact) mass is 790 g/mol. The third-order valence-electron chi connectivity index (χ3n) is 15.5. The zero-order valence-corrected chi connectivity index (χ0v) is 33.8. The van der Waals surface area contributed by atoms with Crippen molar-refractivity contribution >= 4 is 29.0 Å². The van der Waals surface area contributed by atoms with Crippen LogP contribution >= 0.6 is 0 Å². The van der Waals surface area contributed by atoms with Gasteiger partial charge in [0, 0.05) is 74.7 Å². The molecular weight excluding hydrogens is 737 g/mol. The molecular formula is C50H54N4O5. The van der Waals surface area contributed by atoms with Gasteiger partial charge >= 0.3 is 0 Å². The number of ether oxygens (including phenoxy) is 1. The first-order chi connectivity index (χ1) is 28.8. The molecule has 5 atom stereocenters. The van der Waals surface area contributed by atoms with Gasteiger partial charge in [0.2, 0.25) is 11.8 Å². The molecule has 4 aromatic rings. The van der Waals surface area contributed by atoms with Crippen LogP contribution in [0.2, 0.25) is 0 Å². The summed E-state index contributed by atoms with van der Waals surface area (Å²) in [4.78, 5) is 45.6. The predicted molar refractivity (Wildman–Crippen MR) is 227 cm³/mol. The number of hydrogen-bond acceptors (Lipinski definition) is 8. The second-order valence-electron chi connectivity index (χ2n) is 18.9. The molecule has 4 aliphatic heterocycles. The zero-order chi connectivity index (χ0) is 39.8. The Morgan fingerprint density at radius 1 is 0.780 bits per heavy atom. The number of imide groups is 1. The molecule has 3 aliphatic carbocycles. The lowest BCUT2D eigenvalue weighted by Gasteiger charge is -2.54. The number of phenolic OH excluding ortho intramolecular Hbond substituents is 1. The lowest BCUT2D eigenvalue weighted by Crippen LogP contribution is -2.59. The fourth-order valence-electron chi connectivity index (χ4n) is 12.5. The van der Waals surface area contributed by atoms with Crippen LogP contribution in [0.3, 0.4) is 0 Å². The first kappa shape index (κ1) is 36.9. The van der Waals surface area contributed by atoms with Crippen molar-refractivity contribution in [1.29, 1.82) is 0 Å². The van der Waals surface area contributed by atoms with Crippen molar-refractivity contribution in [3.63, 3.8) is 0 Å². The van der Waals surface area contributed by atoms with Gasteiger partial charge in [-0.2, -0.15) is 0 Å². The minimum atomic E-state index is -0.448. The summed E-state index contributed by atoms with van der Waals surface area (Å²) in [5, 5.41) is 12.7. The Bertz CT molecular complexity index is 2290. The van der Waals surface area contributed by atoms with Gasteiger partial charge < -0.3 is 19.6 Å². The highest BCUT2D eigenvalue weighted by Crippen LogP contribution is 2.54. The molecule has 11 rings (SSSR count). The highest BCUT2D eigenvalue weighted by atomic mass is 16.5. The van der Waals surface area contributed by atoms with E-state index in [-0.39, 0.29) is 29.6 Å². The molecule has 0 aromatic heterocycles. The Kier molecular flexibility index (Phi) is 9.09. The molecule has 3 saturated heterocycles. The van der Waals surface area contributed by atoms with Crippen LogP contribution in [0.1, 0.15) is 95.0 Å². The zero-order valence-electron chi connectivity index (χ0n) is 33.8. The summed E-state index contributed by atoms with van der Waals surface area (Å²) in [6.45, 7) is 6.97. The third-order valence-corrected chi connectivity index (χ3v) is 15.5. The van der Waals surface area contributed by atoms with Gasteiger partial charge in [-0.1, -0.05) is 48.5 Å². The van der Waals surface area contributed by atoms with Gasteiger partial charge in [-0.15, -0.1) is 0 Å². The second kappa shape index (κ2) is 14.5. The van der Waals surface area contributed by atoms with Crippen LogP contribution in [0, 0.1) is 23.2 Å². The van der Waals surface area contributed by atoms with Gasteiger partial charge in [0.05, 0.1) is 11.7 Å². The summed E-state index contributed by atoms with van der Waals surface area (Å²) in [7, 11) is 0. The molecule has 9 nitrogen and oxygen atoms in total. The van der Waals surface area contributed by atoms with Gasteiger partial charge in [-0.05, 0) is 133 Å². The molecule has 0 bridgehead atoms. The summed E-state index contributed by atoms with van der Waals surface area (Å²) in [6, 6.07) is 30.7. The number of amides is 2. The number of nitrogens with zero attached hydrogens (tertiary/aromatic N) is 3. The van der Waals surface area contributed by atoms with Crippen LogP contribution in [0.25, 0.3) is 0 Å². The number of carbonyl (C=O) groups is 3. The largest absolute Gasteiger partial charge is 0.508 e. The normalized spacial score (nSPS) is 27.6. The van der Waals surface area contributed by atoms with Gasteiger partial charge in [0.15, 0.2) is 5.78 Å². The van der Waals surface area contributed by atoms with E-state index in [1.807, 2.05) is 18.2 Å². The van der Waals surface area contributed by atoms with Gasteiger partial charge in [0.25, 0.3) is 0 Å². The molecule has 9 heteroatoms. The van der Waals surface area contributed by atoms with E-state index in [9.17, 15) is 19.5 Å². The summed E-state index contributed by atoms with van der Waals surface area (Å²) in [5.41, 5.74) is 9.95. The van der Waals surface area contributed by atoms with Crippen molar-refractivity contribution in [2.24, 2.45) is 23.2 Å². The van der Waals surface area contributed by atoms with E-state index in [0.29, 0.717) is 48.5 Å². The molecule has 1 saturated carbocycles. The average Bonchev–Trinajstić information content (AvgIpc) is 3.56. The lowest BCUT2D eigenvalue weighted by atomic mass is 9.57. The Morgan fingerprint density at radius 2 is 1.58 bits per heavy atom. The number of piperazine rings is 1. The van der Waals surface area contributed by atoms with Crippen molar-refractivity contribution in [2.45, 2.75) is 75.7 Å². The van der Waals surface area contributed by atoms with E-state index >= 15 is 0 Å². The molecule has 4 heterocycles. The standard InChI is InChI=1S/C50H54N4O5/c55-38-11-13-40-34(22-38)8-12-39(32-4-2-1-3-5-32)47(40)33-6-9-36(10-7-33)53-18-16-50(17-19-53)26-31(27-50)28-52-20-21-54-37(29-52)30-59-45-25-42-35(24-44(45)54)23-43(48(42)57)41-14-15-46(56)51-49(41)58/h1-7,9-11,13,22,24-25,31,37,39,41,43,47,55H,8,12,14-21,23,26-30H2,(H,51,56,58)/t37-,39+,41?,43?,47-/m0/s1. The first-order valence-corrected chi connectivity index (χ1v) is 22.2. The third kappa shape index (κ3) is 6.60. The Morgan fingerprint density at radius 3 is 2.37 bits per heavy atom. The quantitative estimate of drug-likeness (QED) is 0.197. The van der Waals surface area contributed by atoms with E-state index in [1.54, 1.807) is 0 Å². The van der Waals surface area contributed by atoms with E-state index < -0.39 is 11.8 Å². The molecule has 7 aliphatic rings. The average molecular weight is 791 g/mol. The van der Waals surface area contributed by atoms with Crippen LogP contribution in [0.4, 0.5) is 11.4 Å². The number of aromatic hydroxyl groups is 1. The van der Waals surface area contributed by atoms with Crippen LogP contribution in [-0.2, 0) is 22.4 Å². The number of nitrogens with one attached hydrogen (secondary N) is 1. The van der Waals surface area contributed by atoms with E-state index in [2.05, 4.69) is 86.7 Å². The fraction of sp³-hybridized carbons (Fsp3) is 0.460. The molecule has 1 spiro atoms. The first-order valence-electron chi connectivity index (χ1n) is 22.2. The minimum Gasteiger partial charge on any atom is -0.508 e. The number of ketones is 1. The molecule has 2 amide bonds. The Labute approximate surface area is 346 Å². The van der Waals surface area contributed by atoms with Crippen LogP contribution in [-0.4, -0.2) is 79.5 Å². The number of fused-ring (bicyclic) bond motifs is 5. The van der Waals surface area contributed by atoms with Crippen molar-refractivity contribution in [3.05, 3.63) is 118 Å². The maximum absolute atomic E-state index is 13.5. The minimum absolute atomic E-state index is 0.00757. The summed E-state index contributed by atoms with van der Waals surface area (Å²) in [6.07, 6.45) is 8.52. The summed E-state index contributed by atoms with van der Waals surface area (Å²) in [5.74, 6) is 1.17. The molecule has 2 N–H and O–H groups in total. The number of aryl methyl sites for hydroxylation is 1. The Balaban J connectivity index is 0.687. The molecule has 4 aromatic carbocycles. The van der Waals surface area contributed by atoms with Gasteiger partial charge in [-0.25, -0.2) is 0 Å². The molecule has 4 fully saturated rings. The highest BCUT2D eigenvalue weighted by molar-refractivity contribution is 6.07. The molecule has 2 unspecified atom stereocenters. The van der Waals surface area contributed by atoms with Crippen molar-refractivity contribution in [3.8, 4) is 11.5 Å². The fourth-order valence-corrected chi connectivity index (χ4v) is 12.5. The SMILES string of the molecule is O=C1CCC(C2Cc3cc4c(cc3C2=O)OC[C@@H]2CN(CC3CC5(CCN(c6ccc([C@@H]7c8ccc(O)cc8CC[C@@H]7c7ccccc7)cc6)CC5)C3)CCN42)C(=O)N1. The van der Waals surface area contributed by atoms with Gasteiger partial charge in [-0.3, -0.25) is 24.6 Å². The van der Waals surface area contributed by atoms with Crippen molar-refractivity contribution < 1.29 is 24.2 Å². The number of benzene rings is 4. The van der Waals surface area contributed by atoms with E-state index in [4.69, 9.17) is 4.74 Å². The smallest absolute Gasteiger partial charge is 0.230 e. The van der Waals surface area contributed by atoms with Crippen LogP contribution in [0.5, 0.6) is 11.5 Å². The topological polar surface area (TPSA) is 102 Å². The molecule has 304 valence electrons. The number of Topliss-reactive ketones (excluding diaryl/α,β-unsaturated/α-hetero) is 1. The molecule has 59 heavy (non-hydrogen) atoms. The molecule has 0 radical (unpaired) electrons. The number of hydrogen-bond donors (Lipinski definition) is 2. The van der Waals surface area contributed by atoms with Crippen LogP contribution < -0.4 is 19.9 Å². The maximum Gasteiger partial charge on any atom is 0.230 e. The predicted octanol–water partition coefficient (Wildman–Crippen LogP) is 7.24. The van der Waals surface area contributed by atoms with E-state index in [1.165, 1.54) is 53.6 Å². The Hall–Kier alpha value is -5.15. The van der Waals surface area contributed by atoms with Crippen molar-refractivity contribution in [1.82, 2.24) is 10.2 Å².